The molecular weight excluding hydrogens is 330 g/mol. The largest absolute Gasteiger partial charge is 0.494 e. The van der Waals surface area contributed by atoms with Gasteiger partial charge in [-0.2, -0.15) is 0 Å². The summed E-state index contributed by atoms with van der Waals surface area (Å²) < 4.78 is 10.8. The minimum absolute atomic E-state index is 0.0102. The van der Waals surface area contributed by atoms with Crippen molar-refractivity contribution in [3.63, 3.8) is 0 Å². The van der Waals surface area contributed by atoms with Crippen LogP contribution in [0.1, 0.15) is 31.2 Å². The van der Waals surface area contributed by atoms with Gasteiger partial charge in [-0.25, -0.2) is 4.79 Å². The molecule has 3 rings (SSSR count). The molecule has 1 aromatic heterocycles. The van der Waals surface area contributed by atoms with Crippen molar-refractivity contribution in [1.29, 1.82) is 0 Å². The van der Waals surface area contributed by atoms with Gasteiger partial charge < -0.3 is 19.4 Å². The van der Waals surface area contributed by atoms with Crippen molar-refractivity contribution in [2.45, 2.75) is 26.4 Å². The van der Waals surface area contributed by atoms with E-state index in [1.54, 1.807) is 6.26 Å². The van der Waals surface area contributed by atoms with Gasteiger partial charge in [0.1, 0.15) is 11.5 Å². The summed E-state index contributed by atoms with van der Waals surface area (Å²) in [5.41, 5.74) is 1.07. The molecule has 0 aliphatic carbocycles. The van der Waals surface area contributed by atoms with Crippen LogP contribution in [0, 0.1) is 0 Å². The highest BCUT2D eigenvalue weighted by molar-refractivity contribution is 5.74. The Bertz CT molecular complexity index is 677. The van der Waals surface area contributed by atoms with Gasteiger partial charge in [-0.15, -0.1) is 0 Å². The van der Waals surface area contributed by atoms with Crippen molar-refractivity contribution in [3.8, 4) is 5.75 Å². The van der Waals surface area contributed by atoms with Gasteiger partial charge in [-0.05, 0) is 43.7 Å². The van der Waals surface area contributed by atoms with E-state index in [1.807, 2.05) is 55.1 Å². The quantitative estimate of drug-likeness (QED) is 0.862. The number of piperazine rings is 1. The number of nitrogens with zero attached hydrogens (tertiary/aromatic N) is 2. The number of nitrogens with one attached hydrogen (secondary N) is 1. The SMILES string of the molecule is CCOc1ccc(C(C)NC(=O)N2CCN(Cc3ccco3)CC2)cc1. The van der Waals surface area contributed by atoms with E-state index in [0.717, 1.165) is 49.8 Å². The van der Waals surface area contributed by atoms with Crippen molar-refractivity contribution in [2.75, 3.05) is 32.8 Å². The number of urea groups is 1. The minimum atomic E-state index is -0.0423. The Morgan fingerprint density at radius 1 is 1.19 bits per heavy atom. The average molecular weight is 357 g/mol. The summed E-state index contributed by atoms with van der Waals surface area (Å²) in [6.07, 6.45) is 1.70. The Kier molecular flexibility index (Phi) is 6.17. The van der Waals surface area contributed by atoms with Gasteiger partial charge in [0.05, 0.1) is 25.5 Å². The third-order valence-electron chi connectivity index (χ3n) is 4.65. The second-order valence-corrected chi connectivity index (χ2v) is 6.52. The van der Waals surface area contributed by atoms with Crippen LogP contribution in [0.15, 0.2) is 47.1 Å². The van der Waals surface area contributed by atoms with E-state index in [9.17, 15) is 4.79 Å². The van der Waals surface area contributed by atoms with Crippen molar-refractivity contribution >= 4 is 6.03 Å². The van der Waals surface area contributed by atoms with Gasteiger partial charge in [0.25, 0.3) is 0 Å². The molecule has 140 valence electrons. The highest BCUT2D eigenvalue weighted by Gasteiger charge is 2.22. The number of hydrogen-bond acceptors (Lipinski definition) is 4. The predicted molar refractivity (Wildman–Crippen MR) is 100 cm³/mol. The molecule has 0 saturated carbocycles. The molecule has 1 aliphatic heterocycles. The van der Waals surface area contributed by atoms with Crippen LogP contribution < -0.4 is 10.1 Å². The van der Waals surface area contributed by atoms with E-state index in [2.05, 4.69) is 10.2 Å². The molecule has 2 aromatic rings. The van der Waals surface area contributed by atoms with E-state index in [4.69, 9.17) is 9.15 Å². The van der Waals surface area contributed by atoms with Gasteiger partial charge in [0.2, 0.25) is 0 Å². The fourth-order valence-electron chi connectivity index (χ4n) is 3.11. The van der Waals surface area contributed by atoms with Crippen LogP contribution in [0.3, 0.4) is 0 Å². The topological polar surface area (TPSA) is 58.0 Å². The Morgan fingerprint density at radius 3 is 2.54 bits per heavy atom. The number of benzene rings is 1. The maximum absolute atomic E-state index is 12.5. The number of furan rings is 1. The number of hydrogen-bond donors (Lipinski definition) is 1. The van der Waals surface area contributed by atoms with Crippen LogP contribution in [0.5, 0.6) is 5.75 Å². The van der Waals surface area contributed by atoms with Crippen molar-refractivity contribution in [2.24, 2.45) is 0 Å². The molecular formula is C20H27N3O3. The van der Waals surface area contributed by atoms with Crippen LogP contribution >= 0.6 is 0 Å². The summed E-state index contributed by atoms with van der Waals surface area (Å²) in [5, 5.41) is 3.09. The van der Waals surface area contributed by atoms with Crippen LogP contribution in [-0.2, 0) is 6.54 Å². The van der Waals surface area contributed by atoms with E-state index >= 15 is 0 Å². The highest BCUT2D eigenvalue weighted by Crippen LogP contribution is 2.18. The molecule has 0 radical (unpaired) electrons. The molecule has 2 amide bonds. The summed E-state index contributed by atoms with van der Waals surface area (Å²) in [7, 11) is 0. The number of ether oxygens (including phenoxy) is 1. The molecule has 0 spiro atoms. The Morgan fingerprint density at radius 2 is 1.92 bits per heavy atom. The highest BCUT2D eigenvalue weighted by atomic mass is 16.5. The molecule has 6 heteroatoms. The molecule has 1 saturated heterocycles. The second kappa shape index (κ2) is 8.76. The van der Waals surface area contributed by atoms with E-state index in [0.29, 0.717) is 6.61 Å². The Labute approximate surface area is 154 Å². The van der Waals surface area contributed by atoms with E-state index < -0.39 is 0 Å². The zero-order valence-electron chi connectivity index (χ0n) is 15.5. The Hall–Kier alpha value is -2.47. The summed E-state index contributed by atoms with van der Waals surface area (Å²) in [4.78, 5) is 16.7. The summed E-state index contributed by atoms with van der Waals surface area (Å²) in [6, 6.07) is 11.7. The third-order valence-corrected chi connectivity index (χ3v) is 4.65. The van der Waals surface area contributed by atoms with Crippen molar-refractivity contribution in [3.05, 3.63) is 54.0 Å². The summed E-state index contributed by atoms with van der Waals surface area (Å²) in [5.74, 6) is 1.81. The normalized spacial score (nSPS) is 16.3. The van der Waals surface area contributed by atoms with Gasteiger partial charge in [-0.3, -0.25) is 4.90 Å². The monoisotopic (exact) mass is 357 g/mol. The summed E-state index contributed by atoms with van der Waals surface area (Å²) in [6.45, 7) is 8.57. The Balaban J connectivity index is 1.46. The molecule has 2 heterocycles. The lowest BCUT2D eigenvalue weighted by Crippen LogP contribution is -2.51. The first kappa shape index (κ1) is 18.3. The number of carbonyl (C=O) groups is 1. The lowest BCUT2D eigenvalue weighted by Gasteiger charge is -2.34. The van der Waals surface area contributed by atoms with E-state index in [1.165, 1.54) is 0 Å². The molecule has 6 nitrogen and oxygen atoms in total. The smallest absolute Gasteiger partial charge is 0.317 e. The van der Waals surface area contributed by atoms with Gasteiger partial charge >= 0.3 is 6.03 Å². The zero-order valence-corrected chi connectivity index (χ0v) is 15.5. The molecule has 26 heavy (non-hydrogen) atoms. The van der Waals surface area contributed by atoms with Crippen molar-refractivity contribution < 1.29 is 13.9 Å². The minimum Gasteiger partial charge on any atom is -0.494 e. The summed E-state index contributed by atoms with van der Waals surface area (Å²) >= 11 is 0. The molecule has 1 atom stereocenters. The van der Waals surface area contributed by atoms with Gasteiger partial charge in [0.15, 0.2) is 0 Å². The maximum Gasteiger partial charge on any atom is 0.317 e. The van der Waals surface area contributed by atoms with Gasteiger partial charge in [-0.1, -0.05) is 12.1 Å². The lowest BCUT2D eigenvalue weighted by atomic mass is 10.1. The zero-order chi connectivity index (χ0) is 18.4. The first-order valence-corrected chi connectivity index (χ1v) is 9.18. The van der Waals surface area contributed by atoms with Crippen LogP contribution in [0.4, 0.5) is 4.79 Å². The third kappa shape index (κ3) is 4.79. The van der Waals surface area contributed by atoms with E-state index in [-0.39, 0.29) is 12.1 Å². The standard InChI is InChI=1S/C20H27N3O3/c1-3-25-18-8-6-17(7-9-18)16(2)21-20(24)23-12-10-22(11-13-23)15-19-5-4-14-26-19/h4-9,14,16H,3,10-13,15H2,1-2H3,(H,21,24). The van der Waals surface area contributed by atoms with Crippen LogP contribution in [0.25, 0.3) is 0 Å². The molecule has 1 aliphatic rings. The first-order chi connectivity index (χ1) is 12.7. The molecule has 1 unspecified atom stereocenters. The fraction of sp³-hybridized carbons (Fsp3) is 0.450. The number of rotatable bonds is 6. The fourth-order valence-corrected chi connectivity index (χ4v) is 3.11. The van der Waals surface area contributed by atoms with Crippen LogP contribution in [-0.4, -0.2) is 48.6 Å². The number of amides is 2. The molecule has 1 N–H and O–H groups in total. The lowest BCUT2D eigenvalue weighted by molar-refractivity contribution is 0.128. The average Bonchev–Trinajstić information content (AvgIpc) is 3.16. The number of carbonyl (C=O) groups excluding carboxylic acids is 1. The molecule has 1 aromatic carbocycles. The van der Waals surface area contributed by atoms with Crippen LogP contribution in [0.2, 0.25) is 0 Å². The second-order valence-electron chi connectivity index (χ2n) is 6.52. The first-order valence-electron chi connectivity index (χ1n) is 9.18. The van der Waals surface area contributed by atoms with Gasteiger partial charge in [0, 0.05) is 26.2 Å². The maximum atomic E-state index is 12.5. The predicted octanol–water partition coefficient (Wildman–Crippen LogP) is 3.27. The van der Waals surface area contributed by atoms with Crippen molar-refractivity contribution in [1.82, 2.24) is 15.1 Å². The molecule has 1 fully saturated rings. The molecule has 0 bridgehead atoms.